The van der Waals surface area contributed by atoms with Crippen molar-refractivity contribution in [2.45, 2.75) is 144 Å². The molecule has 22 N–H and O–H groups in total. The van der Waals surface area contributed by atoms with E-state index in [1.807, 2.05) is 0 Å². The van der Waals surface area contributed by atoms with Gasteiger partial charge in [0.15, 0.2) is 5.96 Å². The number of amides is 9. The molecule has 2 aromatic rings. The summed E-state index contributed by atoms with van der Waals surface area (Å²) in [6.07, 6.45) is 1.62. The zero-order valence-electron chi connectivity index (χ0n) is 45.3. The lowest BCUT2D eigenvalue weighted by Crippen LogP contribution is -2.61. The first-order chi connectivity index (χ1) is 38.6. The number of primary amides is 1. The predicted octanol–water partition coefficient (Wildman–Crippen LogP) is -4.53. The number of unbranched alkanes of at least 4 members (excludes halogenated alkanes) is 2. The van der Waals surface area contributed by atoms with Crippen molar-refractivity contribution >= 4 is 77.7 Å². The Labute approximate surface area is 475 Å². The lowest BCUT2D eigenvalue weighted by atomic mass is 10.0. The molecule has 3 rings (SSSR count). The number of rotatable bonds is 37. The molecule has 1 saturated heterocycles. The van der Waals surface area contributed by atoms with Crippen LogP contribution in [0.4, 0.5) is 0 Å². The van der Waals surface area contributed by atoms with E-state index in [2.05, 4.69) is 54.8 Å². The Morgan fingerprint density at radius 1 is 0.605 bits per heavy atom. The number of aliphatic hydroxyl groups excluding tert-OH is 1. The minimum Gasteiger partial charge on any atom is -0.508 e. The first-order valence-electron chi connectivity index (χ1n) is 26.8. The van der Waals surface area contributed by atoms with Crippen molar-refractivity contribution in [3.8, 4) is 5.75 Å². The number of carbonyl (C=O) groups excluding carboxylic acids is 9. The quantitative estimate of drug-likeness (QED) is 0.0131. The number of thiol groups is 1. The first-order valence-corrected chi connectivity index (χ1v) is 27.4. The molecule has 29 heteroatoms. The van der Waals surface area contributed by atoms with Gasteiger partial charge in [-0.2, -0.15) is 12.6 Å². The summed E-state index contributed by atoms with van der Waals surface area (Å²) in [6, 6.07) is 2.19. The van der Waals surface area contributed by atoms with E-state index in [-0.39, 0.29) is 76.4 Å². The van der Waals surface area contributed by atoms with Gasteiger partial charge in [0.25, 0.3) is 0 Å². The van der Waals surface area contributed by atoms with Gasteiger partial charge in [-0.05, 0) is 107 Å². The monoisotopic (exact) mass is 1160 g/mol. The average molecular weight is 1160 g/mol. The molecule has 0 aliphatic carbocycles. The van der Waals surface area contributed by atoms with Gasteiger partial charge in [0.2, 0.25) is 53.2 Å². The van der Waals surface area contributed by atoms with Gasteiger partial charge in [-0.25, -0.2) is 4.79 Å². The highest BCUT2D eigenvalue weighted by Crippen LogP contribution is 2.21. The Morgan fingerprint density at radius 3 is 1.62 bits per heavy atom. The molecule has 1 aliphatic heterocycles. The Morgan fingerprint density at radius 2 is 1.10 bits per heavy atom. The second-order valence-corrected chi connectivity index (χ2v) is 19.9. The number of nitrogens with zero attached hydrogens (tertiary/aromatic N) is 2. The smallest absolute Gasteiger partial charge is 0.326 e. The topological polar surface area (TPSA) is 487 Å². The number of phenolic OH excluding ortho intramolecular Hbond substituents is 1. The van der Waals surface area contributed by atoms with Gasteiger partial charge in [-0.3, -0.25) is 48.1 Å². The van der Waals surface area contributed by atoms with E-state index in [0.29, 0.717) is 49.7 Å². The molecule has 0 saturated carbocycles. The number of hydrogen-bond donors (Lipinski definition) is 17. The summed E-state index contributed by atoms with van der Waals surface area (Å²) >= 11 is 4.21. The van der Waals surface area contributed by atoms with Gasteiger partial charge >= 0.3 is 5.97 Å². The molecule has 0 radical (unpaired) electrons. The number of carbonyl (C=O) groups is 10. The average Bonchev–Trinajstić information content (AvgIpc) is 4.00. The number of phenols is 1. The third-order valence-corrected chi connectivity index (χ3v) is 13.5. The van der Waals surface area contributed by atoms with Gasteiger partial charge in [0.05, 0.1) is 12.6 Å². The van der Waals surface area contributed by atoms with Crippen molar-refractivity contribution in [3.63, 3.8) is 0 Å². The molecule has 0 unspecified atom stereocenters. The summed E-state index contributed by atoms with van der Waals surface area (Å²) in [6.45, 7) is -0.215. The molecular formula is C52H81N15O13S. The number of nitrogens with one attached hydrogen (secondary N) is 7. The second kappa shape index (κ2) is 35.9. The SMILES string of the molecule is NCCCC[C@H](NC(=O)[C@H](CCCCN)NC(=O)[C@H](CCC(N)=O)NC(=O)[C@H](CS)NC(=O)[C@H](CO)NC(=O)[C@@H]1CCCN1C(=O)[C@H](Cc1ccc(O)cc1)NC(=O)[C@@H](N)CCCN=C(N)N)C(=O)N[C@@H](Cc1ccccc1)C(=O)O. The highest BCUT2D eigenvalue weighted by molar-refractivity contribution is 7.80. The maximum atomic E-state index is 14.3. The summed E-state index contributed by atoms with van der Waals surface area (Å²) < 4.78 is 0. The third kappa shape index (κ3) is 24.0. The van der Waals surface area contributed by atoms with Crippen molar-refractivity contribution in [3.05, 3.63) is 65.7 Å². The van der Waals surface area contributed by atoms with E-state index >= 15 is 0 Å². The van der Waals surface area contributed by atoms with Crippen LogP contribution >= 0.6 is 12.6 Å². The lowest BCUT2D eigenvalue weighted by Gasteiger charge is -2.30. The van der Waals surface area contributed by atoms with Gasteiger partial charge in [-0.15, -0.1) is 0 Å². The minimum absolute atomic E-state index is 0.0141. The Hall–Kier alpha value is -7.60. The van der Waals surface area contributed by atoms with E-state index in [4.69, 9.17) is 34.4 Å². The van der Waals surface area contributed by atoms with E-state index in [1.165, 1.54) is 17.0 Å². The van der Waals surface area contributed by atoms with Gasteiger partial charge in [0.1, 0.15) is 54.1 Å². The third-order valence-electron chi connectivity index (χ3n) is 13.1. The fourth-order valence-corrected chi connectivity index (χ4v) is 8.90. The molecule has 9 amide bonds. The van der Waals surface area contributed by atoms with Gasteiger partial charge in [-0.1, -0.05) is 42.5 Å². The number of carboxylic acids is 1. The maximum Gasteiger partial charge on any atom is 0.326 e. The number of guanidine groups is 1. The van der Waals surface area contributed by atoms with Crippen LogP contribution in [0.15, 0.2) is 59.6 Å². The molecule has 28 nitrogen and oxygen atoms in total. The van der Waals surface area contributed by atoms with Crippen LogP contribution in [0.5, 0.6) is 5.75 Å². The van der Waals surface area contributed by atoms with Crippen LogP contribution in [0.2, 0.25) is 0 Å². The van der Waals surface area contributed by atoms with E-state index < -0.39 is 139 Å². The molecule has 1 heterocycles. The van der Waals surface area contributed by atoms with Crippen LogP contribution in [-0.4, -0.2) is 178 Å². The largest absolute Gasteiger partial charge is 0.508 e. The summed E-state index contributed by atoms with van der Waals surface area (Å²) in [5, 5.41) is 47.8. The number of aliphatic carboxylic acids is 1. The Kier molecular flexibility index (Phi) is 30.0. The first kappa shape index (κ1) is 67.7. The van der Waals surface area contributed by atoms with E-state index in [0.717, 1.165) is 0 Å². The summed E-state index contributed by atoms with van der Waals surface area (Å²) in [7, 11) is 0. The van der Waals surface area contributed by atoms with Crippen molar-refractivity contribution in [1.82, 2.24) is 42.1 Å². The van der Waals surface area contributed by atoms with Crippen molar-refractivity contribution in [1.29, 1.82) is 0 Å². The standard InChI is InChI=1S/C52H81N15O13S/c53-22-6-4-13-34(44(72)60-35(14-5-7-23-54)45(73)64-38(51(79)80)27-30-10-2-1-3-11-30)61-46(74)36(20-21-42(56)70)62-48(76)40(29-81)66-47(75)39(28-68)65-49(77)41-15-9-25-67(41)50(78)37(26-31-16-18-32(69)19-17-31)63-43(71)33(55)12-8-24-59-52(57)58/h1-3,10-11,16-19,33-41,68-69,81H,4-9,12-15,20-29,53-55H2,(H2,56,70)(H,60,72)(H,61,74)(H,62,76)(H,63,71)(H,64,73)(H,65,77)(H,66,75)(H,79,80)(H4,57,58,59)/t33-,34-,35-,36-,37-,38-,39-,40-,41-/m0/s1. The molecule has 448 valence electrons. The highest BCUT2D eigenvalue weighted by Gasteiger charge is 2.40. The van der Waals surface area contributed by atoms with Crippen LogP contribution in [0.1, 0.15) is 88.2 Å². The lowest BCUT2D eigenvalue weighted by molar-refractivity contribution is -0.142. The zero-order valence-corrected chi connectivity index (χ0v) is 46.2. The molecule has 1 fully saturated rings. The van der Waals surface area contributed by atoms with Gasteiger partial charge < -0.3 is 91.8 Å². The molecule has 9 atom stereocenters. The van der Waals surface area contributed by atoms with E-state index in [1.54, 1.807) is 42.5 Å². The summed E-state index contributed by atoms with van der Waals surface area (Å²) in [5.41, 5.74) is 34.9. The van der Waals surface area contributed by atoms with Crippen LogP contribution in [0.25, 0.3) is 0 Å². The Bertz CT molecular complexity index is 2440. The molecule has 1 aliphatic rings. The number of hydrogen-bond acceptors (Lipinski definition) is 17. The fourth-order valence-electron chi connectivity index (χ4n) is 8.65. The van der Waals surface area contributed by atoms with Crippen LogP contribution in [-0.2, 0) is 60.8 Å². The van der Waals surface area contributed by atoms with Crippen LogP contribution < -0.4 is 71.6 Å². The summed E-state index contributed by atoms with van der Waals surface area (Å²) in [5.74, 6) is -9.61. The predicted molar refractivity (Wildman–Crippen MR) is 301 cm³/mol. The molecule has 2 aromatic carbocycles. The number of aliphatic hydroxyl groups is 1. The number of nitrogens with two attached hydrogens (primary N) is 6. The van der Waals surface area contributed by atoms with E-state index in [9.17, 15) is 63.3 Å². The summed E-state index contributed by atoms with van der Waals surface area (Å²) in [4.78, 5) is 140. The van der Waals surface area contributed by atoms with Crippen LogP contribution in [0, 0.1) is 0 Å². The number of carboxylic acid groups (broad SMARTS) is 1. The minimum atomic E-state index is -1.70. The number of benzene rings is 2. The second-order valence-electron chi connectivity index (χ2n) is 19.5. The van der Waals surface area contributed by atoms with Crippen molar-refractivity contribution in [2.75, 3.05) is 38.5 Å². The maximum absolute atomic E-state index is 14.3. The molecule has 0 spiro atoms. The Balaban J connectivity index is 1.77. The highest BCUT2D eigenvalue weighted by atomic mass is 32.1. The number of aliphatic imine (C=N–C) groups is 1. The fraction of sp³-hybridized carbons (Fsp3) is 0.558. The van der Waals surface area contributed by atoms with Crippen molar-refractivity contribution < 1.29 is 63.3 Å². The van der Waals surface area contributed by atoms with Crippen molar-refractivity contribution in [2.24, 2.45) is 39.4 Å². The molecule has 81 heavy (non-hydrogen) atoms. The van der Waals surface area contributed by atoms with Gasteiger partial charge in [0, 0.05) is 38.1 Å². The molecule has 0 aromatic heterocycles. The molecule has 0 bridgehead atoms. The number of likely N-dealkylation sites (tertiary alicyclic amines) is 1. The molecular weight excluding hydrogens is 1070 g/mol. The van der Waals surface area contributed by atoms with Crippen LogP contribution in [0.3, 0.4) is 0 Å². The number of aromatic hydroxyl groups is 1. The normalized spacial score (nSPS) is 15.9. The zero-order chi connectivity index (χ0) is 60.0.